The van der Waals surface area contributed by atoms with Gasteiger partial charge in [-0.15, -0.1) is 0 Å². The maximum absolute atomic E-state index is 16.3. The average Bonchev–Trinajstić information content (AvgIpc) is 2.97. The molecule has 0 aromatic heterocycles. The normalized spacial score (nSPS) is 17.3. The van der Waals surface area contributed by atoms with Crippen LogP contribution >= 0.6 is 0 Å². The van der Waals surface area contributed by atoms with Gasteiger partial charge in [0.05, 0.1) is 0 Å². The molecule has 0 aromatic rings. The maximum atomic E-state index is 16.3. The molecule has 0 saturated carbocycles. The average molecular weight is 1120 g/mol. The molecule has 64 heavy (non-hydrogen) atoms. The van der Waals surface area contributed by atoms with Crippen molar-refractivity contribution < 1.29 is 192 Å². The van der Waals surface area contributed by atoms with Crippen molar-refractivity contribution in [2.45, 2.75) is 99.8 Å². The molecular formula is C17F42O2Si3. The Bertz CT molecular complexity index is 1440. The molecule has 0 spiro atoms. The van der Waals surface area contributed by atoms with E-state index < -0.39 is 125 Å². The molecule has 47 heteroatoms. The topological polar surface area (TPSA) is 18.5 Å². The summed E-state index contributed by atoms with van der Waals surface area (Å²) in [6.07, 6.45) is -68.3. The van der Waals surface area contributed by atoms with Crippen molar-refractivity contribution in [2.24, 2.45) is 0 Å². The van der Waals surface area contributed by atoms with Crippen LogP contribution in [-0.4, -0.2) is 125 Å². The Morgan fingerprint density at radius 1 is 0.188 bits per heavy atom. The molecule has 0 unspecified atom stereocenters. The quantitative estimate of drug-likeness (QED) is 0.0980. The second-order valence-corrected chi connectivity index (χ2v) is 21.2. The van der Waals surface area contributed by atoms with Crippen molar-refractivity contribution in [3.63, 3.8) is 0 Å². The molecule has 0 bridgehead atoms. The lowest BCUT2D eigenvalue weighted by Crippen LogP contribution is -2.92. The van der Waals surface area contributed by atoms with Crippen LogP contribution in [0.15, 0.2) is 0 Å². The van der Waals surface area contributed by atoms with Crippen LogP contribution in [0.2, 0.25) is 0 Å². The van der Waals surface area contributed by atoms with E-state index in [-0.39, 0.29) is 0 Å². The third-order valence-electron chi connectivity index (χ3n) is 7.27. The zero-order valence-electron chi connectivity index (χ0n) is 26.7. The lowest BCUT2D eigenvalue weighted by atomic mass is 10.0. The van der Waals surface area contributed by atoms with Crippen LogP contribution in [-0.2, 0) is 8.23 Å². The first-order chi connectivity index (χ1) is 26.7. The molecule has 0 rings (SSSR count). The Balaban J connectivity index is 10.9. The molecule has 0 aliphatic heterocycles. The fourth-order valence-corrected chi connectivity index (χ4v) is 17.2. The number of hydrogen-bond donors (Lipinski definition) is 0. The fourth-order valence-electron chi connectivity index (χ4n) is 4.07. The smallest absolute Gasteiger partial charge is 0.395 e. The van der Waals surface area contributed by atoms with Crippen LogP contribution in [0.4, 0.5) is 184 Å². The van der Waals surface area contributed by atoms with Crippen LogP contribution in [0.3, 0.4) is 0 Å². The Morgan fingerprint density at radius 2 is 0.344 bits per heavy atom. The minimum atomic E-state index is -14.3. The van der Waals surface area contributed by atoms with Crippen molar-refractivity contribution in [3.05, 3.63) is 0 Å². The Kier molecular flexibility index (Phi) is 14.5. The summed E-state index contributed by atoms with van der Waals surface area (Å²) in [5.41, 5.74) is -75.6. The van der Waals surface area contributed by atoms with Crippen molar-refractivity contribution in [3.8, 4) is 0 Å². The number of alkyl halides is 41. The van der Waals surface area contributed by atoms with Gasteiger partial charge in [0.15, 0.2) is 0 Å². The van der Waals surface area contributed by atoms with Crippen LogP contribution in [0.1, 0.15) is 0 Å². The van der Waals surface area contributed by atoms with E-state index in [1.807, 2.05) is 0 Å². The summed E-state index contributed by atoms with van der Waals surface area (Å²) in [6.45, 7) is 0. The highest BCUT2D eigenvalue weighted by atomic mass is 28.5. The number of hydrogen-bond acceptors (Lipinski definition) is 2. The third kappa shape index (κ3) is 7.75. The summed E-state index contributed by atoms with van der Waals surface area (Å²) in [5, 5.41) is 0. The predicted molar refractivity (Wildman–Crippen MR) is 112 cm³/mol. The predicted octanol–water partition coefficient (Wildman–Crippen LogP) is 12.9. The summed E-state index contributed by atoms with van der Waals surface area (Å²) in [4.78, 5) is 0. The van der Waals surface area contributed by atoms with Gasteiger partial charge in [0.1, 0.15) is 0 Å². The molecule has 0 amide bonds. The van der Waals surface area contributed by atoms with Gasteiger partial charge in [0, 0.05) is 0 Å². The van der Waals surface area contributed by atoms with Crippen molar-refractivity contribution in [2.75, 3.05) is 0 Å². The first-order valence-corrected chi connectivity index (χ1v) is 18.5. The summed E-state index contributed by atoms with van der Waals surface area (Å²) >= 11 is 0. The summed E-state index contributed by atoms with van der Waals surface area (Å²) in [5.74, 6) is -31.1. The standard InChI is InChI=1S/C17F42O2Si3/c18-1(19,2(20,21)4(24,25)26)3(22,23)11(45,46)64(59,60-62(12(47,48)5(27,28)29,13(49,50)6(30,31)32)14(51,52)7(33,34)35)61-63(15(53,54)8(36,37)38,16(55,56)9(39,40)41)17(57,58)10(42,43)44. The minimum absolute atomic E-state index is 0.345. The van der Waals surface area contributed by atoms with E-state index in [2.05, 4.69) is 0 Å². The van der Waals surface area contributed by atoms with E-state index in [0.717, 1.165) is 0 Å². The summed E-state index contributed by atoms with van der Waals surface area (Å²) in [6, 6.07) is 0. The summed E-state index contributed by atoms with van der Waals surface area (Å²) in [7, 11) is -42.5. The van der Waals surface area contributed by atoms with Crippen molar-refractivity contribution in [1.29, 1.82) is 0 Å². The van der Waals surface area contributed by atoms with Gasteiger partial charge in [-0.3, -0.25) is 0 Å². The van der Waals surface area contributed by atoms with E-state index in [4.69, 9.17) is 0 Å². The SMILES string of the molecule is FC(F)(F)C(F)(F)C(F)(F)C(F)(F)C(F)(F)[Si](F)(O[Si](C(F)(F)C(F)(F)F)(C(F)(F)C(F)(F)F)C(F)(F)C(F)(F)F)O[Si](C(F)(F)C(F)(F)F)(C(F)(F)C(F)(F)F)C(F)(F)C(F)(F)F. The van der Waals surface area contributed by atoms with E-state index in [0.29, 0.717) is 8.23 Å². The van der Waals surface area contributed by atoms with Gasteiger partial charge in [0.25, 0.3) is 0 Å². The van der Waals surface area contributed by atoms with Gasteiger partial charge in [-0.2, -0.15) is 180 Å². The highest BCUT2D eigenvalue weighted by Crippen LogP contribution is 2.69. The van der Waals surface area contributed by atoms with E-state index in [1.54, 1.807) is 0 Å². The highest BCUT2D eigenvalue weighted by Gasteiger charge is 3.07. The van der Waals surface area contributed by atoms with E-state index in [1.165, 1.54) is 0 Å². The van der Waals surface area contributed by atoms with E-state index in [9.17, 15) is 171 Å². The molecule has 0 heterocycles. The minimum Gasteiger partial charge on any atom is -0.395 e. The van der Waals surface area contributed by atoms with Crippen LogP contribution in [0.5, 0.6) is 0 Å². The first kappa shape index (κ1) is 61.6. The molecule has 0 fully saturated rings. The van der Waals surface area contributed by atoms with Crippen LogP contribution in [0.25, 0.3) is 0 Å². The summed E-state index contributed by atoms with van der Waals surface area (Å²) < 4.78 is 584. The molecule has 0 atom stereocenters. The van der Waals surface area contributed by atoms with Crippen molar-refractivity contribution in [1.82, 2.24) is 0 Å². The van der Waals surface area contributed by atoms with Gasteiger partial charge in [-0.1, -0.05) is 0 Å². The maximum Gasteiger partial charge on any atom is 0.600 e. The fraction of sp³-hybridized carbons (Fsp3) is 1.00. The Labute approximate surface area is 319 Å². The Hall–Kier alpha value is -2.37. The second kappa shape index (κ2) is 15.1. The number of halogens is 42. The lowest BCUT2D eigenvalue weighted by Gasteiger charge is -2.53. The molecule has 0 aliphatic rings. The third-order valence-corrected chi connectivity index (χ3v) is 19.9. The second-order valence-electron chi connectivity index (χ2n) is 11.3. The largest absolute Gasteiger partial charge is 0.600 e. The zero-order chi connectivity index (χ0) is 53.4. The van der Waals surface area contributed by atoms with Gasteiger partial charge >= 0.3 is 125 Å². The molecule has 0 N–H and O–H groups in total. The lowest BCUT2D eigenvalue weighted by molar-refractivity contribution is -0.416. The molecule has 0 radical (unpaired) electrons. The monoisotopic (exact) mass is 1120 g/mol. The highest BCUT2D eigenvalue weighted by molar-refractivity contribution is 6.93. The van der Waals surface area contributed by atoms with Gasteiger partial charge in [-0.05, 0) is 0 Å². The van der Waals surface area contributed by atoms with E-state index >= 15 is 12.9 Å². The van der Waals surface area contributed by atoms with Crippen LogP contribution in [0, 0.1) is 0 Å². The molecular weight excluding hydrogens is 1120 g/mol. The van der Waals surface area contributed by atoms with Gasteiger partial charge in [0.2, 0.25) is 0 Å². The number of rotatable bonds is 14. The molecule has 0 saturated heterocycles. The molecule has 0 aliphatic carbocycles. The molecule has 0 aromatic carbocycles. The van der Waals surface area contributed by atoms with Gasteiger partial charge in [-0.25, -0.2) is 4.11 Å². The molecule has 2 nitrogen and oxygen atoms in total. The van der Waals surface area contributed by atoms with Gasteiger partial charge < -0.3 is 8.23 Å². The van der Waals surface area contributed by atoms with Crippen LogP contribution < -0.4 is 0 Å². The first-order valence-electron chi connectivity index (χ1n) is 13.0. The zero-order valence-corrected chi connectivity index (χ0v) is 29.7. The van der Waals surface area contributed by atoms with Crippen molar-refractivity contribution >= 4 is 25.5 Å². The molecule has 386 valence electrons. The Morgan fingerprint density at radius 3 is 0.469 bits per heavy atom.